The van der Waals surface area contributed by atoms with E-state index in [0.717, 1.165) is 49.5 Å². The molecule has 39 heavy (non-hydrogen) atoms. The monoisotopic (exact) mass is 538 g/mol. The van der Waals surface area contributed by atoms with Gasteiger partial charge in [0.1, 0.15) is 34.5 Å². The lowest BCUT2D eigenvalue weighted by Crippen LogP contribution is -2.25. The van der Waals surface area contributed by atoms with E-state index < -0.39 is 5.60 Å². The molecule has 0 aliphatic heterocycles. The summed E-state index contributed by atoms with van der Waals surface area (Å²) in [6.07, 6.45) is 9.87. The number of phenolic OH excluding ortho intramolecular Hbond substituents is 6. The Hall–Kier alpha value is -3.84. The molecule has 4 rings (SSSR count). The molecule has 0 unspecified atom stereocenters. The van der Waals surface area contributed by atoms with Gasteiger partial charge >= 0.3 is 0 Å². The summed E-state index contributed by atoms with van der Waals surface area (Å²) < 4.78 is 0. The smallest absolute Gasteiger partial charge is 0.126 e. The third-order valence-electron chi connectivity index (χ3n) is 7.00. The molecule has 212 valence electrons. The second kappa shape index (κ2) is 13.3. The van der Waals surface area contributed by atoms with Crippen LogP contribution in [0.4, 0.5) is 0 Å². The van der Waals surface area contributed by atoms with Crippen LogP contribution in [0.5, 0.6) is 34.5 Å². The Morgan fingerprint density at radius 2 is 1.28 bits per heavy atom. The minimum absolute atomic E-state index is 0.0697. The molecule has 0 heterocycles. The Bertz CT molecular complexity index is 1170. The number of aromatic hydroxyl groups is 6. The Morgan fingerprint density at radius 1 is 0.795 bits per heavy atom. The highest BCUT2D eigenvalue weighted by atomic mass is 16.3. The summed E-state index contributed by atoms with van der Waals surface area (Å²) in [5, 5.41) is 65.0. The van der Waals surface area contributed by atoms with Gasteiger partial charge in [-0.3, -0.25) is 0 Å². The molecule has 0 spiro atoms. The van der Waals surface area contributed by atoms with Gasteiger partial charge in [0.15, 0.2) is 0 Å². The van der Waals surface area contributed by atoms with Gasteiger partial charge in [-0.15, -0.1) is 0 Å². The number of hydrogen-bond acceptors (Lipinski definition) is 7. The van der Waals surface area contributed by atoms with E-state index in [-0.39, 0.29) is 46.3 Å². The van der Waals surface area contributed by atoms with Crippen molar-refractivity contribution in [3.05, 3.63) is 84.0 Å². The summed E-state index contributed by atoms with van der Waals surface area (Å²) in [5.74, 6) is -0.124. The van der Waals surface area contributed by atoms with Gasteiger partial charge in [0.2, 0.25) is 0 Å². The minimum Gasteiger partial charge on any atom is -0.508 e. The largest absolute Gasteiger partial charge is 0.508 e. The van der Waals surface area contributed by atoms with Gasteiger partial charge in [-0.05, 0) is 65.2 Å². The molecule has 2 aromatic carbocycles. The van der Waals surface area contributed by atoms with E-state index in [9.17, 15) is 20.4 Å². The summed E-state index contributed by atoms with van der Waals surface area (Å²) >= 11 is 0. The van der Waals surface area contributed by atoms with Crippen molar-refractivity contribution in [3.63, 3.8) is 0 Å². The fourth-order valence-corrected chi connectivity index (χ4v) is 4.80. The third-order valence-corrected chi connectivity index (χ3v) is 7.00. The Morgan fingerprint density at radius 3 is 1.69 bits per heavy atom. The number of aliphatic hydroxyl groups is 1. The number of phenols is 6. The van der Waals surface area contributed by atoms with Crippen LogP contribution in [0.25, 0.3) is 0 Å². The quantitative estimate of drug-likeness (QED) is 0.211. The number of hydrogen-bond donors (Lipinski definition) is 7. The molecule has 0 bridgehead atoms. The van der Waals surface area contributed by atoms with Crippen molar-refractivity contribution in [2.75, 3.05) is 0 Å². The van der Waals surface area contributed by atoms with Crippen molar-refractivity contribution >= 4 is 0 Å². The molecular formula is C32H42O7. The normalized spacial score (nSPS) is 23.8. The molecule has 7 N–H and O–H groups in total. The fourth-order valence-electron chi connectivity index (χ4n) is 4.80. The van der Waals surface area contributed by atoms with Gasteiger partial charge in [0, 0.05) is 41.8 Å². The highest BCUT2D eigenvalue weighted by molar-refractivity contribution is 5.53. The molecule has 2 aliphatic rings. The molecule has 0 saturated heterocycles. The van der Waals surface area contributed by atoms with E-state index in [2.05, 4.69) is 32.2 Å². The topological polar surface area (TPSA) is 142 Å². The zero-order valence-electron chi connectivity index (χ0n) is 23.2. The maximum absolute atomic E-state index is 10.0. The van der Waals surface area contributed by atoms with E-state index in [1.807, 2.05) is 26.8 Å². The van der Waals surface area contributed by atoms with E-state index in [4.69, 9.17) is 15.3 Å². The molecule has 2 aliphatic carbocycles. The van der Waals surface area contributed by atoms with E-state index >= 15 is 0 Å². The van der Waals surface area contributed by atoms with Crippen molar-refractivity contribution < 1.29 is 35.7 Å². The first kappa shape index (κ1) is 31.4. The van der Waals surface area contributed by atoms with Gasteiger partial charge in [0.25, 0.3) is 0 Å². The van der Waals surface area contributed by atoms with Crippen molar-refractivity contribution in [2.45, 2.75) is 64.9 Å². The highest BCUT2D eigenvalue weighted by Crippen LogP contribution is 2.47. The molecule has 0 radical (unpaired) electrons. The molecule has 0 aromatic heterocycles. The van der Waals surface area contributed by atoms with Gasteiger partial charge in [-0.2, -0.15) is 0 Å². The fraction of sp³-hybridized carbons (Fsp3) is 0.375. The lowest BCUT2D eigenvalue weighted by Gasteiger charge is -2.31. The summed E-state index contributed by atoms with van der Waals surface area (Å²) in [5.41, 5.74) is 3.38. The Labute approximate surface area is 231 Å². The SMILES string of the molecule is C=C(C)[C@@H]1C=C[C@](C)(O)CC1.C=C(C)[C@H]1CCC(C)=C[C@@H]1c1c(O)cc(O)cc1O.Oc1cc(O)cc(O)c1. The van der Waals surface area contributed by atoms with Crippen LogP contribution >= 0.6 is 0 Å². The van der Waals surface area contributed by atoms with Crippen LogP contribution in [0.3, 0.4) is 0 Å². The summed E-state index contributed by atoms with van der Waals surface area (Å²) in [4.78, 5) is 0. The van der Waals surface area contributed by atoms with E-state index in [1.165, 1.54) is 23.3 Å². The van der Waals surface area contributed by atoms with Gasteiger partial charge in [-0.25, -0.2) is 0 Å². The molecule has 2 aromatic rings. The number of benzene rings is 2. The third kappa shape index (κ3) is 9.45. The first-order valence-corrected chi connectivity index (χ1v) is 13.0. The molecule has 7 nitrogen and oxygen atoms in total. The summed E-state index contributed by atoms with van der Waals surface area (Å²) in [6.45, 7) is 15.8. The molecule has 4 atom stereocenters. The average molecular weight is 539 g/mol. The Kier molecular flexibility index (Phi) is 10.7. The maximum atomic E-state index is 10.0. The minimum atomic E-state index is -0.577. The predicted octanol–water partition coefficient (Wildman–Crippen LogP) is 6.90. The Balaban J connectivity index is 0.000000226. The number of allylic oxidation sites excluding steroid dienone is 5. The molecule has 7 heteroatoms. The highest BCUT2D eigenvalue weighted by Gasteiger charge is 2.30. The summed E-state index contributed by atoms with van der Waals surface area (Å²) in [7, 11) is 0. The summed E-state index contributed by atoms with van der Waals surface area (Å²) in [6, 6.07) is 5.95. The lowest BCUT2D eigenvalue weighted by molar-refractivity contribution is 0.0903. The van der Waals surface area contributed by atoms with E-state index in [1.54, 1.807) is 0 Å². The predicted molar refractivity (Wildman–Crippen MR) is 154 cm³/mol. The van der Waals surface area contributed by atoms with Crippen LogP contribution in [0, 0.1) is 11.8 Å². The molecule has 0 saturated carbocycles. The zero-order chi connectivity index (χ0) is 29.5. The lowest BCUT2D eigenvalue weighted by atomic mass is 9.74. The van der Waals surface area contributed by atoms with Gasteiger partial charge in [0.05, 0.1) is 5.60 Å². The maximum Gasteiger partial charge on any atom is 0.126 e. The molecule has 0 amide bonds. The van der Waals surface area contributed by atoms with Crippen LogP contribution < -0.4 is 0 Å². The average Bonchev–Trinajstić information content (AvgIpc) is 2.78. The van der Waals surface area contributed by atoms with Crippen LogP contribution in [0.1, 0.15) is 64.9 Å². The van der Waals surface area contributed by atoms with Crippen molar-refractivity contribution in [3.8, 4) is 34.5 Å². The van der Waals surface area contributed by atoms with E-state index in [0.29, 0.717) is 11.5 Å². The van der Waals surface area contributed by atoms with Crippen molar-refractivity contribution in [1.29, 1.82) is 0 Å². The first-order valence-electron chi connectivity index (χ1n) is 13.0. The van der Waals surface area contributed by atoms with Crippen LogP contribution in [-0.2, 0) is 0 Å². The van der Waals surface area contributed by atoms with Gasteiger partial charge < -0.3 is 35.7 Å². The molecular weight excluding hydrogens is 496 g/mol. The molecule has 0 fully saturated rings. The first-order chi connectivity index (χ1) is 18.1. The van der Waals surface area contributed by atoms with Crippen molar-refractivity contribution in [2.24, 2.45) is 11.8 Å². The number of rotatable bonds is 3. The van der Waals surface area contributed by atoms with Crippen LogP contribution in [0.15, 0.2) is 78.4 Å². The van der Waals surface area contributed by atoms with Crippen molar-refractivity contribution in [1.82, 2.24) is 0 Å². The van der Waals surface area contributed by atoms with Gasteiger partial charge in [-0.1, -0.05) is 48.1 Å². The van der Waals surface area contributed by atoms with Crippen LogP contribution in [0.2, 0.25) is 0 Å². The second-order valence-electron chi connectivity index (χ2n) is 10.8. The zero-order valence-corrected chi connectivity index (χ0v) is 23.2. The second-order valence-corrected chi connectivity index (χ2v) is 10.8. The standard InChI is InChI=1S/C16H20O3.C10H16O.C6H6O3/c1-9(2)12-5-4-10(3)6-13(12)16-14(18)7-11(17)8-15(16)19;1-8(2)9-4-6-10(3,11)7-5-9;7-4-1-5(8)3-6(9)2-4/h6-8,12-13,17-19H,1,4-5H2,2-3H3;4,6,9,11H,1,5,7H2,2-3H3;1-3,7-9H/t12-,13+;9-,10+;/m11./s1. The van der Waals surface area contributed by atoms with Crippen LogP contribution in [-0.4, -0.2) is 41.3 Å².